The molecule has 0 aliphatic heterocycles. The van der Waals surface area contributed by atoms with Crippen LogP contribution < -0.4 is 0 Å². The van der Waals surface area contributed by atoms with Crippen LogP contribution in [0.4, 0.5) is 4.39 Å². The van der Waals surface area contributed by atoms with Crippen LogP contribution >= 0.6 is 0 Å². The zero-order chi connectivity index (χ0) is 8.15. The van der Waals surface area contributed by atoms with Crippen LogP contribution in [0.25, 0.3) is 0 Å². The van der Waals surface area contributed by atoms with Crippen LogP contribution in [-0.2, 0) is 4.79 Å². The number of hydrogen-bond donors (Lipinski definition) is 3. The SMILES string of the molecule is O=C[C@@H](O)[C@H](F)[C@H](O)CO. The van der Waals surface area contributed by atoms with E-state index in [-0.39, 0.29) is 6.29 Å². The van der Waals surface area contributed by atoms with E-state index in [4.69, 9.17) is 15.3 Å². The van der Waals surface area contributed by atoms with Gasteiger partial charge >= 0.3 is 0 Å². The van der Waals surface area contributed by atoms with Gasteiger partial charge in [0.15, 0.2) is 12.5 Å². The number of rotatable bonds is 4. The summed E-state index contributed by atoms with van der Waals surface area (Å²) in [6.45, 7) is -0.813. The number of carbonyl (C=O) groups is 1. The third-order valence-corrected chi connectivity index (χ3v) is 1.02. The number of alkyl halides is 1. The Morgan fingerprint density at radius 3 is 2.30 bits per heavy atom. The van der Waals surface area contributed by atoms with E-state index in [9.17, 15) is 9.18 Å². The molecule has 0 amide bonds. The summed E-state index contributed by atoms with van der Waals surface area (Å²) in [5, 5.41) is 25.0. The first kappa shape index (κ1) is 9.48. The minimum atomic E-state index is -2.11. The van der Waals surface area contributed by atoms with Gasteiger partial charge in [-0.3, -0.25) is 0 Å². The van der Waals surface area contributed by atoms with Gasteiger partial charge in [0.25, 0.3) is 0 Å². The molecule has 0 heterocycles. The van der Waals surface area contributed by atoms with Gasteiger partial charge in [0, 0.05) is 0 Å². The third-order valence-electron chi connectivity index (χ3n) is 1.02. The lowest BCUT2D eigenvalue weighted by Crippen LogP contribution is -2.36. The van der Waals surface area contributed by atoms with Gasteiger partial charge in [0.2, 0.25) is 0 Å². The van der Waals surface area contributed by atoms with Crippen LogP contribution in [0.3, 0.4) is 0 Å². The van der Waals surface area contributed by atoms with Gasteiger partial charge in [-0.2, -0.15) is 0 Å². The molecule has 0 aliphatic rings. The lowest BCUT2D eigenvalue weighted by molar-refractivity contribution is -0.121. The molecule has 60 valence electrons. The summed E-state index contributed by atoms with van der Waals surface area (Å²) in [5.41, 5.74) is 0. The summed E-state index contributed by atoms with van der Waals surface area (Å²) in [6, 6.07) is 0. The van der Waals surface area contributed by atoms with Crippen molar-refractivity contribution in [1.82, 2.24) is 0 Å². The highest BCUT2D eigenvalue weighted by Crippen LogP contribution is 2.02. The van der Waals surface area contributed by atoms with Crippen molar-refractivity contribution in [2.45, 2.75) is 18.4 Å². The molecule has 10 heavy (non-hydrogen) atoms. The third kappa shape index (κ3) is 2.38. The average Bonchev–Trinajstić information content (AvgIpc) is 2.00. The summed E-state index contributed by atoms with van der Waals surface area (Å²) in [5.74, 6) is 0. The fraction of sp³-hybridized carbons (Fsp3) is 0.800. The predicted octanol–water partition coefficient (Wildman–Crippen LogP) is -1.76. The summed E-state index contributed by atoms with van der Waals surface area (Å²) in [6.07, 6.45) is -5.70. The molecule has 3 N–H and O–H groups in total. The van der Waals surface area contributed by atoms with Gasteiger partial charge < -0.3 is 20.1 Å². The summed E-state index contributed by atoms with van der Waals surface area (Å²) < 4.78 is 12.3. The van der Waals surface area contributed by atoms with Crippen molar-refractivity contribution in [2.24, 2.45) is 0 Å². The van der Waals surface area contributed by atoms with E-state index in [1.165, 1.54) is 0 Å². The lowest BCUT2D eigenvalue weighted by atomic mass is 10.1. The van der Waals surface area contributed by atoms with Crippen LogP contribution in [0.15, 0.2) is 0 Å². The molecular formula is C5H9FO4. The highest BCUT2D eigenvalue weighted by atomic mass is 19.1. The summed E-state index contributed by atoms with van der Waals surface area (Å²) in [7, 11) is 0. The second-order valence-electron chi connectivity index (χ2n) is 1.82. The van der Waals surface area contributed by atoms with Gasteiger partial charge in [0.1, 0.15) is 12.2 Å². The Kier molecular flexibility index (Phi) is 4.10. The Hall–Kier alpha value is -0.520. The molecule has 3 atom stereocenters. The Labute approximate surface area is 56.9 Å². The van der Waals surface area contributed by atoms with Crippen molar-refractivity contribution in [1.29, 1.82) is 0 Å². The van der Waals surface area contributed by atoms with Gasteiger partial charge in [-0.25, -0.2) is 4.39 Å². The van der Waals surface area contributed by atoms with Crippen LogP contribution in [-0.4, -0.2) is 46.6 Å². The first-order valence-electron chi connectivity index (χ1n) is 2.69. The first-order valence-corrected chi connectivity index (χ1v) is 2.69. The molecule has 0 saturated heterocycles. The van der Waals surface area contributed by atoms with E-state index in [0.717, 1.165) is 0 Å². The number of carbonyl (C=O) groups excluding carboxylic acids is 1. The molecule has 0 fully saturated rings. The molecular weight excluding hydrogens is 143 g/mol. The van der Waals surface area contributed by atoms with E-state index in [0.29, 0.717) is 0 Å². The Bertz CT molecular complexity index is 108. The highest BCUT2D eigenvalue weighted by Gasteiger charge is 2.25. The van der Waals surface area contributed by atoms with E-state index in [1.807, 2.05) is 0 Å². The van der Waals surface area contributed by atoms with E-state index < -0.39 is 25.0 Å². The number of hydrogen-bond acceptors (Lipinski definition) is 4. The fourth-order valence-corrected chi connectivity index (χ4v) is 0.403. The van der Waals surface area contributed by atoms with Gasteiger partial charge in [-0.1, -0.05) is 0 Å². The number of halogens is 1. The molecule has 0 radical (unpaired) electrons. The van der Waals surface area contributed by atoms with Crippen molar-refractivity contribution in [3.63, 3.8) is 0 Å². The summed E-state index contributed by atoms with van der Waals surface area (Å²) >= 11 is 0. The molecule has 0 rings (SSSR count). The smallest absolute Gasteiger partial charge is 0.161 e. The van der Waals surface area contributed by atoms with Crippen LogP contribution in [0.5, 0.6) is 0 Å². The minimum Gasteiger partial charge on any atom is -0.394 e. The van der Waals surface area contributed by atoms with E-state index in [2.05, 4.69) is 0 Å². The maximum Gasteiger partial charge on any atom is 0.161 e. The van der Waals surface area contributed by atoms with Crippen molar-refractivity contribution in [3.8, 4) is 0 Å². The zero-order valence-corrected chi connectivity index (χ0v) is 5.14. The Morgan fingerprint density at radius 2 is 2.00 bits per heavy atom. The molecule has 5 heteroatoms. The molecule has 0 aromatic rings. The topological polar surface area (TPSA) is 77.8 Å². The average molecular weight is 152 g/mol. The predicted molar refractivity (Wildman–Crippen MR) is 30.1 cm³/mol. The first-order chi connectivity index (χ1) is 4.63. The normalized spacial score (nSPS) is 19.6. The van der Waals surface area contributed by atoms with Gasteiger partial charge in [0.05, 0.1) is 6.61 Å². The molecule has 4 nitrogen and oxygen atoms in total. The Morgan fingerprint density at radius 1 is 1.50 bits per heavy atom. The van der Waals surface area contributed by atoms with Gasteiger partial charge in [-0.15, -0.1) is 0 Å². The second-order valence-corrected chi connectivity index (χ2v) is 1.82. The van der Waals surface area contributed by atoms with Crippen molar-refractivity contribution >= 4 is 6.29 Å². The maximum atomic E-state index is 12.3. The van der Waals surface area contributed by atoms with Crippen molar-refractivity contribution in [3.05, 3.63) is 0 Å². The van der Waals surface area contributed by atoms with Crippen LogP contribution in [0.2, 0.25) is 0 Å². The monoisotopic (exact) mass is 152 g/mol. The standard InChI is InChI=1S/C5H9FO4/c6-5(3(9)1-7)4(10)2-8/h1,3-5,8-10H,2H2/t3-,4-,5+/m1/s1. The fourth-order valence-electron chi connectivity index (χ4n) is 0.403. The molecule has 0 unspecified atom stereocenters. The van der Waals surface area contributed by atoms with E-state index in [1.54, 1.807) is 0 Å². The quantitative estimate of drug-likeness (QED) is 0.417. The van der Waals surface area contributed by atoms with Crippen molar-refractivity contribution in [2.75, 3.05) is 6.61 Å². The molecule has 0 aromatic carbocycles. The van der Waals surface area contributed by atoms with Crippen molar-refractivity contribution < 1.29 is 24.5 Å². The maximum absolute atomic E-state index is 12.3. The molecule has 0 aromatic heterocycles. The minimum absolute atomic E-state index is 0.0381. The van der Waals surface area contributed by atoms with Gasteiger partial charge in [-0.05, 0) is 0 Å². The molecule has 0 saturated carbocycles. The second kappa shape index (κ2) is 4.32. The highest BCUT2D eigenvalue weighted by molar-refractivity contribution is 5.56. The number of aliphatic hydroxyl groups is 3. The summed E-state index contributed by atoms with van der Waals surface area (Å²) in [4.78, 5) is 9.68. The Balaban J connectivity index is 3.80. The largest absolute Gasteiger partial charge is 0.394 e. The van der Waals surface area contributed by atoms with Crippen LogP contribution in [0.1, 0.15) is 0 Å². The molecule has 0 aliphatic carbocycles. The molecule has 0 bridgehead atoms. The number of aldehydes is 1. The zero-order valence-electron chi connectivity index (χ0n) is 5.14. The lowest BCUT2D eigenvalue weighted by Gasteiger charge is -2.13. The van der Waals surface area contributed by atoms with E-state index >= 15 is 0 Å². The molecule has 0 spiro atoms. The van der Waals surface area contributed by atoms with Crippen LogP contribution in [0, 0.1) is 0 Å². The number of aliphatic hydroxyl groups excluding tert-OH is 3.